The van der Waals surface area contributed by atoms with Gasteiger partial charge in [-0.3, -0.25) is 0 Å². The van der Waals surface area contributed by atoms with E-state index in [1.165, 1.54) is 25.0 Å². The fourth-order valence-electron chi connectivity index (χ4n) is 2.32. The highest BCUT2D eigenvalue weighted by Crippen LogP contribution is 2.32. The number of nitrogen functional groups attached to an aromatic ring is 1. The number of nitrogens with one attached hydrogen (secondary N) is 2. The van der Waals surface area contributed by atoms with Crippen molar-refractivity contribution in [3.63, 3.8) is 0 Å². The van der Waals surface area contributed by atoms with E-state index in [1.54, 1.807) is 6.20 Å². The van der Waals surface area contributed by atoms with Gasteiger partial charge in [-0.05, 0) is 24.7 Å². The molecule has 1 aliphatic rings. The van der Waals surface area contributed by atoms with Gasteiger partial charge in [0.1, 0.15) is 5.82 Å². The van der Waals surface area contributed by atoms with Gasteiger partial charge in [-0.25, -0.2) is 10.8 Å². The number of anilines is 2. The maximum absolute atomic E-state index is 5.36. The van der Waals surface area contributed by atoms with Crippen molar-refractivity contribution in [2.75, 3.05) is 16.5 Å². The van der Waals surface area contributed by atoms with Gasteiger partial charge in [0.15, 0.2) is 0 Å². The zero-order valence-corrected chi connectivity index (χ0v) is 11.0. The van der Waals surface area contributed by atoms with Crippen LogP contribution in [-0.2, 0) is 0 Å². The average molecular weight is 252 g/mol. The monoisotopic (exact) mass is 252 g/mol. The summed E-state index contributed by atoms with van der Waals surface area (Å²) < 4.78 is 0. The number of pyridine rings is 1. The molecule has 4 nitrogen and oxygen atoms in total. The molecule has 0 spiro atoms. The van der Waals surface area contributed by atoms with Crippen LogP contribution in [0.25, 0.3) is 0 Å². The lowest BCUT2D eigenvalue weighted by molar-refractivity contribution is 0.767. The molecule has 1 aliphatic carbocycles. The summed E-state index contributed by atoms with van der Waals surface area (Å²) in [5.74, 6) is 7.25. The van der Waals surface area contributed by atoms with Crippen LogP contribution in [0.15, 0.2) is 18.3 Å². The van der Waals surface area contributed by atoms with Crippen LogP contribution in [0.2, 0.25) is 0 Å². The average Bonchev–Trinajstić information content (AvgIpc) is 2.78. The van der Waals surface area contributed by atoms with Gasteiger partial charge in [-0.1, -0.05) is 13.3 Å². The number of hydrogen-bond donors (Lipinski definition) is 3. The lowest BCUT2D eigenvalue weighted by Crippen LogP contribution is -2.26. The minimum absolute atomic E-state index is 0.577. The van der Waals surface area contributed by atoms with Crippen molar-refractivity contribution in [2.24, 2.45) is 5.84 Å². The van der Waals surface area contributed by atoms with Crippen LogP contribution in [-0.4, -0.2) is 22.0 Å². The third-order valence-corrected chi connectivity index (χ3v) is 4.42. The Kier molecular flexibility index (Phi) is 4.50. The number of nitrogens with two attached hydrogens (primary N) is 1. The molecule has 1 saturated carbocycles. The highest BCUT2D eigenvalue weighted by atomic mass is 32.2. The van der Waals surface area contributed by atoms with Crippen molar-refractivity contribution in [2.45, 2.75) is 37.5 Å². The van der Waals surface area contributed by atoms with E-state index in [4.69, 9.17) is 5.84 Å². The summed E-state index contributed by atoms with van der Waals surface area (Å²) in [6.45, 7) is 2.23. The minimum Gasteiger partial charge on any atom is -0.381 e. The summed E-state index contributed by atoms with van der Waals surface area (Å²) in [6, 6.07) is 4.52. The summed E-state index contributed by atoms with van der Waals surface area (Å²) in [4.78, 5) is 4.11. The van der Waals surface area contributed by atoms with Crippen molar-refractivity contribution in [3.8, 4) is 0 Å². The second-order valence-electron chi connectivity index (χ2n) is 4.25. The van der Waals surface area contributed by atoms with Gasteiger partial charge >= 0.3 is 0 Å². The van der Waals surface area contributed by atoms with Crippen LogP contribution < -0.4 is 16.6 Å². The predicted molar refractivity (Wildman–Crippen MR) is 75.2 cm³/mol. The molecular weight excluding hydrogens is 232 g/mol. The lowest BCUT2D eigenvalue weighted by Gasteiger charge is -2.21. The van der Waals surface area contributed by atoms with E-state index >= 15 is 0 Å². The van der Waals surface area contributed by atoms with Crippen molar-refractivity contribution in [1.82, 2.24) is 4.98 Å². The highest BCUT2D eigenvalue weighted by molar-refractivity contribution is 7.99. The van der Waals surface area contributed by atoms with E-state index < -0.39 is 0 Å². The molecule has 94 valence electrons. The standard InChI is InChI=1S/C12H20N4S/c1-2-17-11-5-3-4-10(11)15-9-6-7-14-12(8-9)16-13/h6-8,10-11H,2-5,13H2,1H3,(H2,14,15,16). The van der Waals surface area contributed by atoms with Gasteiger partial charge in [0.2, 0.25) is 0 Å². The van der Waals surface area contributed by atoms with Crippen LogP contribution in [0.5, 0.6) is 0 Å². The third-order valence-electron chi connectivity index (χ3n) is 3.09. The molecule has 0 aliphatic heterocycles. The Morgan fingerprint density at radius 2 is 2.41 bits per heavy atom. The first-order valence-corrected chi connectivity index (χ1v) is 7.19. The SMILES string of the molecule is CCSC1CCCC1Nc1ccnc(NN)c1. The van der Waals surface area contributed by atoms with Crippen molar-refractivity contribution >= 4 is 23.3 Å². The Labute approximate surface area is 107 Å². The number of thioether (sulfide) groups is 1. The molecular formula is C12H20N4S. The molecule has 0 bridgehead atoms. The van der Waals surface area contributed by atoms with Crippen LogP contribution in [0, 0.1) is 0 Å². The summed E-state index contributed by atoms with van der Waals surface area (Å²) in [5.41, 5.74) is 3.67. The molecule has 1 aromatic heterocycles. The third kappa shape index (κ3) is 3.26. The number of hydrogen-bond acceptors (Lipinski definition) is 5. The minimum atomic E-state index is 0.577. The molecule has 17 heavy (non-hydrogen) atoms. The first-order valence-electron chi connectivity index (χ1n) is 6.14. The van der Waals surface area contributed by atoms with Gasteiger partial charge in [0.05, 0.1) is 0 Å². The van der Waals surface area contributed by atoms with Crippen LogP contribution in [0.3, 0.4) is 0 Å². The Balaban J connectivity index is 1.99. The Morgan fingerprint density at radius 1 is 1.53 bits per heavy atom. The lowest BCUT2D eigenvalue weighted by atomic mass is 10.2. The Bertz CT molecular complexity index is 358. The maximum atomic E-state index is 5.36. The van der Waals surface area contributed by atoms with E-state index in [9.17, 15) is 0 Å². The molecule has 4 N–H and O–H groups in total. The maximum Gasteiger partial charge on any atom is 0.141 e. The van der Waals surface area contributed by atoms with Crippen molar-refractivity contribution in [1.29, 1.82) is 0 Å². The summed E-state index contributed by atoms with van der Waals surface area (Å²) in [5, 5.41) is 4.33. The number of hydrazine groups is 1. The first kappa shape index (κ1) is 12.5. The first-order chi connectivity index (χ1) is 8.33. The second-order valence-corrected chi connectivity index (χ2v) is 5.77. The summed E-state index contributed by atoms with van der Waals surface area (Å²) in [7, 11) is 0. The normalized spacial score (nSPS) is 23.6. The number of aromatic nitrogens is 1. The molecule has 1 fully saturated rings. The molecule has 0 saturated heterocycles. The fourth-order valence-corrected chi connectivity index (χ4v) is 3.52. The van der Waals surface area contributed by atoms with E-state index in [1.807, 2.05) is 12.1 Å². The van der Waals surface area contributed by atoms with Gasteiger partial charge in [-0.15, -0.1) is 0 Å². The van der Waals surface area contributed by atoms with Gasteiger partial charge < -0.3 is 10.7 Å². The molecule has 2 unspecified atom stereocenters. The molecule has 2 rings (SSSR count). The zero-order chi connectivity index (χ0) is 12.1. The van der Waals surface area contributed by atoms with Gasteiger partial charge in [-0.2, -0.15) is 11.8 Å². The molecule has 0 amide bonds. The van der Waals surface area contributed by atoms with Crippen LogP contribution >= 0.6 is 11.8 Å². The molecule has 5 heteroatoms. The molecule has 0 radical (unpaired) electrons. The Morgan fingerprint density at radius 3 is 3.18 bits per heavy atom. The summed E-state index contributed by atoms with van der Waals surface area (Å²) >= 11 is 2.06. The Hall–Kier alpha value is -0.940. The number of nitrogens with zero attached hydrogens (tertiary/aromatic N) is 1. The van der Waals surface area contributed by atoms with E-state index in [0.717, 1.165) is 10.9 Å². The van der Waals surface area contributed by atoms with Crippen molar-refractivity contribution < 1.29 is 0 Å². The number of rotatable bonds is 5. The van der Waals surface area contributed by atoms with Crippen molar-refractivity contribution in [3.05, 3.63) is 18.3 Å². The molecule has 2 atom stereocenters. The quantitative estimate of drug-likeness (QED) is 0.555. The largest absolute Gasteiger partial charge is 0.381 e. The van der Waals surface area contributed by atoms with Gasteiger partial charge in [0.25, 0.3) is 0 Å². The zero-order valence-electron chi connectivity index (χ0n) is 10.1. The second kappa shape index (κ2) is 6.12. The molecule has 1 heterocycles. The van der Waals surface area contributed by atoms with E-state index in [0.29, 0.717) is 11.9 Å². The topological polar surface area (TPSA) is 63.0 Å². The van der Waals surface area contributed by atoms with Gasteiger partial charge in [0, 0.05) is 29.2 Å². The smallest absolute Gasteiger partial charge is 0.141 e. The van der Waals surface area contributed by atoms with Crippen LogP contribution in [0.4, 0.5) is 11.5 Å². The predicted octanol–water partition coefficient (Wildman–Crippen LogP) is 2.45. The molecule has 1 aromatic rings. The highest BCUT2D eigenvalue weighted by Gasteiger charge is 2.26. The summed E-state index contributed by atoms with van der Waals surface area (Å²) in [6.07, 6.45) is 5.67. The van der Waals surface area contributed by atoms with E-state index in [2.05, 4.69) is 34.4 Å². The molecule has 0 aromatic carbocycles. The fraction of sp³-hybridized carbons (Fsp3) is 0.583. The van der Waals surface area contributed by atoms with Crippen LogP contribution in [0.1, 0.15) is 26.2 Å². The van der Waals surface area contributed by atoms with E-state index in [-0.39, 0.29) is 0 Å².